The smallest absolute Gasteiger partial charge is 0.226 e. The van der Waals surface area contributed by atoms with E-state index in [0.717, 1.165) is 12.0 Å². The van der Waals surface area contributed by atoms with Crippen molar-refractivity contribution in [2.75, 3.05) is 12.3 Å². The summed E-state index contributed by atoms with van der Waals surface area (Å²) in [6.07, 6.45) is 4.17. The van der Waals surface area contributed by atoms with Crippen molar-refractivity contribution in [3.63, 3.8) is 0 Å². The number of benzene rings is 1. The maximum Gasteiger partial charge on any atom is 0.226 e. The fraction of sp³-hybridized carbons (Fsp3) is 0.167. The van der Waals surface area contributed by atoms with Gasteiger partial charge in [-0.15, -0.1) is 0 Å². The van der Waals surface area contributed by atoms with Crippen molar-refractivity contribution in [3.05, 3.63) is 54.6 Å². The average molecular weight is 324 g/mol. The Morgan fingerprint density at radius 1 is 1.08 bits per heavy atom. The van der Waals surface area contributed by atoms with Gasteiger partial charge in [0.1, 0.15) is 5.82 Å². The quantitative estimate of drug-likeness (QED) is 0.774. The van der Waals surface area contributed by atoms with Crippen molar-refractivity contribution in [2.24, 2.45) is 0 Å². The van der Waals surface area contributed by atoms with Crippen molar-refractivity contribution in [3.8, 4) is 28.3 Å². The van der Waals surface area contributed by atoms with Crippen LogP contribution in [0.15, 0.2) is 48.8 Å². The van der Waals surface area contributed by atoms with Gasteiger partial charge in [0.05, 0.1) is 17.9 Å². The Kier molecular flexibility index (Phi) is 4.65. The lowest BCUT2D eigenvalue weighted by Crippen LogP contribution is -2.06. The first kappa shape index (κ1) is 15.9. The predicted octanol–water partition coefficient (Wildman–Crippen LogP) is 3.72. The third-order valence-corrected chi connectivity index (χ3v) is 3.40. The van der Waals surface area contributed by atoms with Gasteiger partial charge in [0.25, 0.3) is 0 Å². The molecule has 0 radical (unpaired) electrons. The molecule has 5 nitrogen and oxygen atoms in total. The van der Waals surface area contributed by atoms with Gasteiger partial charge in [-0.3, -0.25) is 4.98 Å². The molecule has 0 unspecified atom stereocenters. The Bertz CT molecular complexity index is 840. The van der Waals surface area contributed by atoms with E-state index in [1.165, 1.54) is 12.1 Å². The molecule has 122 valence electrons. The molecule has 1 aromatic carbocycles. The van der Waals surface area contributed by atoms with E-state index < -0.39 is 0 Å². The van der Waals surface area contributed by atoms with Crippen LogP contribution in [0, 0.1) is 5.82 Å². The third kappa shape index (κ3) is 3.32. The number of anilines is 1. The molecule has 0 aliphatic heterocycles. The SMILES string of the molecule is CCCOc1nc(N)nc(-c2cccc(F)c2)c1-c1ccncc1. The highest BCUT2D eigenvalue weighted by atomic mass is 19.1. The van der Waals surface area contributed by atoms with Crippen LogP contribution in [0.1, 0.15) is 13.3 Å². The molecule has 3 rings (SSSR count). The summed E-state index contributed by atoms with van der Waals surface area (Å²) < 4.78 is 19.4. The number of hydrogen-bond donors (Lipinski definition) is 1. The van der Waals surface area contributed by atoms with E-state index in [2.05, 4.69) is 15.0 Å². The molecule has 0 fully saturated rings. The molecule has 0 bridgehead atoms. The molecule has 0 saturated heterocycles. The van der Waals surface area contributed by atoms with Gasteiger partial charge in [0.15, 0.2) is 0 Å². The van der Waals surface area contributed by atoms with Crippen molar-refractivity contribution in [1.82, 2.24) is 15.0 Å². The number of nitrogens with two attached hydrogens (primary N) is 1. The van der Waals surface area contributed by atoms with Gasteiger partial charge in [-0.05, 0) is 36.2 Å². The van der Waals surface area contributed by atoms with Gasteiger partial charge in [0, 0.05) is 18.0 Å². The molecule has 0 aliphatic carbocycles. The topological polar surface area (TPSA) is 73.9 Å². The van der Waals surface area contributed by atoms with Crippen LogP contribution in [0.25, 0.3) is 22.4 Å². The summed E-state index contributed by atoms with van der Waals surface area (Å²) >= 11 is 0. The van der Waals surface area contributed by atoms with E-state index in [9.17, 15) is 4.39 Å². The monoisotopic (exact) mass is 324 g/mol. The number of hydrogen-bond acceptors (Lipinski definition) is 5. The summed E-state index contributed by atoms with van der Waals surface area (Å²) in [7, 11) is 0. The van der Waals surface area contributed by atoms with Crippen LogP contribution in [-0.4, -0.2) is 21.6 Å². The standard InChI is InChI=1S/C18H17FN4O/c1-2-10-24-17-15(12-6-8-21-9-7-12)16(22-18(20)23-17)13-4-3-5-14(19)11-13/h3-9,11H,2,10H2,1H3,(H2,20,22,23). The summed E-state index contributed by atoms with van der Waals surface area (Å²) in [5.74, 6) is 0.120. The van der Waals surface area contributed by atoms with E-state index >= 15 is 0 Å². The Morgan fingerprint density at radius 2 is 1.88 bits per heavy atom. The zero-order valence-electron chi connectivity index (χ0n) is 13.2. The normalized spacial score (nSPS) is 10.6. The lowest BCUT2D eigenvalue weighted by molar-refractivity contribution is 0.307. The molecule has 2 heterocycles. The molecular formula is C18H17FN4O. The first-order chi connectivity index (χ1) is 11.7. The molecule has 6 heteroatoms. The maximum atomic E-state index is 13.7. The number of rotatable bonds is 5. The van der Waals surface area contributed by atoms with Crippen LogP contribution in [-0.2, 0) is 0 Å². The Hall–Kier alpha value is -3.02. The molecule has 0 amide bonds. The number of nitrogen functional groups attached to an aromatic ring is 1. The van der Waals surface area contributed by atoms with Gasteiger partial charge in [0.2, 0.25) is 11.8 Å². The molecule has 24 heavy (non-hydrogen) atoms. The number of halogens is 1. The summed E-state index contributed by atoms with van der Waals surface area (Å²) in [4.78, 5) is 12.6. The van der Waals surface area contributed by atoms with Crippen molar-refractivity contribution in [1.29, 1.82) is 0 Å². The largest absolute Gasteiger partial charge is 0.477 e. The Labute approximate surface area is 139 Å². The molecule has 0 atom stereocenters. The highest BCUT2D eigenvalue weighted by Crippen LogP contribution is 2.37. The van der Waals surface area contributed by atoms with Crippen LogP contribution >= 0.6 is 0 Å². The molecule has 2 aromatic heterocycles. The van der Waals surface area contributed by atoms with Crippen molar-refractivity contribution < 1.29 is 9.13 Å². The summed E-state index contributed by atoms with van der Waals surface area (Å²) in [5.41, 5.74) is 8.48. The number of aromatic nitrogens is 3. The van der Waals surface area contributed by atoms with E-state index in [4.69, 9.17) is 10.5 Å². The Morgan fingerprint density at radius 3 is 2.58 bits per heavy atom. The minimum Gasteiger partial charge on any atom is -0.477 e. The predicted molar refractivity (Wildman–Crippen MR) is 90.9 cm³/mol. The highest BCUT2D eigenvalue weighted by Gasteiger charge is 2.18. The van der Waals surface area contributed by atoms with Crippen LogP contribution in [0.5, 0.6) is 5.88 Å². The average Bonchev–Trinajstić information content (AvgIpc) is 2.60. The van der Waals surface area contributed by atoms with Gasteiger partial charge in [-0.1, -0.05) is 19.1 Å². The lowest BCUT2D eigenvalue weighted by atomic mass is 10.0. The number of ether oxygens (including phenoxy) is 1. The van der Waals surface area contributed by atoms with Gasteiger partial charge < -0.3 is 10.5 Å². The van der Waals surface area contributed by atoms with Gasteiger partial charge in [-0.2, -0.15) is 4.98 Å². The fourth-order valence-electron chi connectivity index (χ4n) is 2.38. The second-order valence-corrected chi connectivity index (χ2v) is 5.21. The maximum absolute atomic E-state index is 13.7. The van der Waals surface area contributed by atoms with Crippen LogP contribution in [0.4, 0.5) is 10.3 Å². The fourth-order valence-corrected chi connectivity index (χ4v) is 2.38. The van der Waals surface area contributed by atoms with E-state index in [1.807, 2.05) is 19.1 Å². The van der Waals surface area contributed by atoms with Crippen LogP contribution in [0.3, 0.4) is 0 Å². The zero-order valence-corrected chi connectivity index (χ0v) is 13.2. The van der Waals surface area contributed by atoms with Crippen molar-refractivity contribution in [2.45, 2.75) is 13.3 Å². The van der Waals surface area contributed by atoms with E-state index in [-0.39, 0.29) is 11.8 Å². The van der Waals surface area contributed by atoms with Crippen LogP contribution in [0.2, 0.25) is 0 Å². The molecular weight excluding hydrogens is 307 g/mol. The van der Waals surface area contributed by atoms with Gasteiger partial charge in [-0.25, -0.2) is 9.37 Å². The molecule has 2 N–H and O–H groups in total. The van der Waals surface area contributed by atoms with Crippen LogP contribution < -0.4 is 10.5 Å². The lowest BCUT2D eigenvalue weighted by Gasteiger charge is -2.15. The zero-order chi connectivity index (χ0) is 16.9. The third-order valence-electron chi connectivity index (χ3n) is 3.40. The summed E-state index contributed by atoms with van der Waals surface area (Å²) in [6.45, 7) is 2.50. The molecule has 0 saturated carbocycles. The Balaban J connectivity index is 2.25. The number of nitrogens with zero attached hydrogens (tertiary/aromatic N) is 3. The minimum atomic E-state index is -0.346. The first-order valence-corrected chi connectivity index (χ1v) is 7.65. The second-order valence-electron chi connectivity index (χ2n) is 5.21. The second kappa shape index (κ2) is 7.04. The highest BCUT2D eigenvalue weighted by molar-refractivity contribution is 5.84. The summed E-state index contributed by atoms with van der Waals surface area (Å²) in [5, 5.41) is 0. The molecule has 0 aliphatic rings. The van der Waals surface area contributed by atoms with E-state index in [0.29, 0.717) is 29.3 Å². The summed E-state index contributed by atoms with van der Waals surface area (Å²) in [6, 6.07) is 9.86. The van der Waals surface area contributed by atoms with Gasteiger partial charge >= 0.3 is 0 Å². The molecule has 3 aromatic rings. The van der Waals surface area contributed by atoms with Crippen molar-refractivity contribution >= 4 is 5.95 Å². The number of pyridine rings is 1. The molecule has 0 spiro atoms. The first-order valence-electron chi connectivity index (χ1n) is 7.65. The minimum absolute atomic E-state index is 0.0816. The van der Waals surface area contributed by atoms with E-state index in [1.54, 1.807) is 24.5 Å².